The van der Waals surface area contributed by atoms with E-state index < -0.39 is 0 Å². The SMILES string of the molecule is CNC(=O)C1CCCCN1Cc1nnc(-c2cccnc2)o1. The van der Waals surface area contributed by atoms with Gasteiger partial charge in [-0.05, 0) is 31.5 Å². The second-order valence-electron chi connectivity index (χ2n) is 5.34. The van der Waals surface area contributed by atoms with Gasteiger partial charge in [-0.25, -0.2) is 0 Å². The predicted octanol–water partition coefficient (Wildman–Crippen LogP) is 1.23. The zero-order valence-corrected chi connectivity index (χ0v) is 12.5. The van der Waals surface area contributed by atoms with Crippen molar-refractivity contribution in [2.45, 2.75) is 31.8 Å². The Hall–Kier alpha value is -2.28. The Morgan fingerprint density at radius 3 is 3.14 bits per heavy atom. The highest BCUT2D eigenvalue weighted by molar-refractivity contribution is 5.81. The van der Waals surface area contributed by atoms with Crippen LogP contribution in [-0.2, 0) is 11.3 Å². The van der Waals surface area contributed by atoms with Gasteiger partial charge in [0.2, 0.25) is 17.7 Å². The zero-order valence-electron chi connectivity index (χ0n) is 12.5. The molecular formula is C15H19N5O2. The average Bonchev–Trinajstić information content (AvgIpc) is 3.04. The topological polar surface area (TPSA) is 84.2 Å². The van der Waals surface area contributed by atoms with Crippen LogP contribution in [0.2, 0.25) is 0 Å². The third-order valence-corrected chi connectivity index (χ3v) is 3.88. The van der Waals surface area contributed by atoms with Gasteiger partial charge < -0.3 is 9.73 Å². The van der Waals surface area contributed by atoms with Crippen molar-refractivity contribution in [2.75, 3.05) is 13.6 Å². The van der Waals surface area contributed by atoms with Crippen molar-refractivity contribution in [3.8, 4) is 11.5 Å². The van der Waals surface area contributed by atoms with Gasteiger partial charge in [0.25, 0.3) is 0 Å². The minimum Gasteiger partial charge on any atom is -0.419 e. The first kappa shape index (κ1) is 14.6. The third kappa shape index (κ3) is 3.14. The first-order valence-corrected chi connectivity index (χ1v) is 7.46. The van der Waals surface area contributed by atoms with E-state index in [1.54, 1.807) is 19.4 Å². The van der Waals surface area contributed by atoms with E-state index in [1.165, 1.54) is 0 Å². The van der Waals surface area contributed by atoms with Crippen LogP contribution < -0.4 is 5.32 Å². The lowest BCUT2D eigenvalue weighted by molar-refractivity contribution is -0.127. The quantitative estimate of drug-likeness (QED) is 0.914. The maximum absolute atomic E-state index is 12.0. The molecule has 7 nitrogen and oxygen atoms in total. The molecule has 0 aromatic carbocycles. The molecule has 3 heterocycles. The van der Waals surface area contributed by atoms with Gasteiger partial charge in [0.15, 0.2) is 0 Å². The Bertz CT molecular complexity index is 628. The van der Waals surface area contributed by atoms with Crippen LogP contribution in [0, 0.1) is 0 Å². The van der Waals surface area contributed by atoms with E-state index in [4.69, 9.17) is 4.42 Å². The molecule has 1 saturated heterocycles. The monoisotopic (exact) mass is 301 g/mol. The van der Waals surface area contributed by atoms with E-state index in [1.807, 2.05) is 12.1 Å². The van der Waals surface area contributed by atoms with Crippen LogP contribution in [0.3, 0.4) is 0 Å². The second kappa shape index (κ2) is 6.65. The number of pyridine rings is 1. The molecule has 1 N–H and O–H groups in total. The Kier molecular flexibility index (Phi) is 4.43. The van der Waals surface area contributed by atoms with E-state index in [0.29, 0.717) is 18.3 Å². The number of carbonyl (C=O) groups excluding carboxylic acids is 1. The van der Waals surface area contributed by atoms with Gasteiger partial charge >= 0.3 is 0 Å². The first-order chi connectivity index (χ1) is 10.8. The van der Waals surface area contributed by atoms with Gasteiger partial charge in [-0.1, -0.05) is 6.42 Å². The lowest BCUT2D eigenvalue weighted by atomic mass is 10.0. The highest BCUT2D eigenvalue weighted by Crippen LogP contribution is 2.21. The molecule has 0 saturated carbocycles. The minimum atomic E-state index is -0.118. The molecule has 2 aromatic rings. The predicted molar refractivity (Wildman–Crippen MR) is 79.6 cm³/mol. The molecule has 1 amide bonds. The van der Waals surface area contributed by atoms with Crippen molar-refractivity contribution in [1.29, 1.82) is 0 Å². The van der Waals surface area contributed by atoms with Crippen molar-refractivity contribution < 1.29 is 9.21 Å². The Balaban J connectivity index is 1.72. The smallest absolute Gasteiger partial charge is 0.249 e. The molecule has 1 atom stereocenters. The van der Waals surface area contributed by atoms with Gasteiger partial charge in [-0.2, -0.15) is 0 Å². The van der Waals surface area contributed by atoms with E-state index in [-0.39, 0.29) is 11.9 Å². The Morgan fingerprint density at radius 1 is 1.45 bits per heavy atom. The number of nitrogens with one attached hydrogen (secondary N) is 1. The van der Waals surface area contributed by atoms with Crippen molar-refractivity contribution >= 4 is 5.91 Å². The number of likely N-dealkylation sites (N-methyl/N-ethyl adjacent to an activating group) is 1. The van der Waals surface area contributed by atoms with Crippen LogP contribution in [0.5, 0.6) is 0 Å². The van der Waals surface area contributed by atoms with Crippen LogP contribution in [0.1, 0.15) is 25.2 Å². The summed E-state index contributed by atoms with van der Waals surface area (Å²) in [7, 11) is 1.67. The van der Waals surface area contributed by atoms with E-state index in [2.05, 4.69) is 25.4 Å². The molecule has 7 heteroatoms. The maximum Gasteiger partial charge on any atom is 0.249 e. The molecule has 0 bridgehead atoms. The zero-order chi connectivity index (χ0) is 15.4. The summed E-state index contributed by atoms with van der Waals surface area (Å²) in [6, 6.07) is 3.58. The molecule has 1 fully saturated rings. The van der Waals surface area contributed by atoms with Crippen LogP contribution in [0.4, 0.5) is 0 Å². The lowest BCUT2D eigenvalue weighted by Crippen LogP contribution is -2.48. The summed E-state index contributed by atoms with van der Waals surface area (Å²) in [4.78, 5) is 18.1. The van der Waals surface area contributed by atoms with Crippen molar-refractivity contribution in [2.24, 2.45) is 0 Å². The van der Waals surface area contributed by atoms with E-state index in [9.17, 15) is 4.79 Å². The lowest BCUT2D eigenvalue weighted by Gasteiger charge is -2.33. The fourth-order valence-corrected chi connectivity index (χ4v) is 2.74. The van der Waals surface area contributed by atoms with Crippen LogP contribution >= 0.6 is 0 Å². The van der Waals surface area contributed by atoms with Gasteiger partial charge in [0, 0.05) is 19.4 Å². The Morgan fingerprint density at radius 2 is 2.36 bits per heavy atom. The maximum atomic E-state index is 12.0. The summed E-state index contributed by atoms with van der Waals surface area (Å²) in [6.45, 7) is 1.36. The van der Waals surface area contributed by atoms with Gasteiger partial charge in [0.05, 0.1) is 18.2 Å². The fourth-order valence-electron chi connectivity index (χ4n) is 2.74. The molecule has 0 radical (unpaired) electrons. The first-order valence-electron chi connectivity index (χ1n) is 7.46. The fraction of sp³-hybridized carbons (Fsp3) is 0.467. The van der Waals surface area contributed by atoms with E-state index >= 15 is 0 Å². The molecule has 2 aromatic heterocycles. The Labute approximate surface area is 128 Å². The van der Waals surface area contributed by atoms with Gasteiger partial charge in [0.1, 0.15) is 0 Å². The summed E-state index contributed by atoms with van der Waals surface area (Å²) >= 11 is 0. The van der Waals surface area contributed by atoms with Crippen molar-refractivity contribution in [1.82, 2.24) is 25.4 Å². The van der Waals surface area contributed by atoms with Crippen LogP contribution in [0.15, 0.2) is 28.9 Å². The van der Waals surface area contributed by atoms with Gasteiger partial charge in [-0.3, -0.25) is 14.7 Å². The number of rotatable bonds is 4. The van der Waals surface area contributed by atoms with Crippen LogP contribution in [0.25, 0.3) is 11.5 Å². The molecule has 3 rings (SSSR count). The number of likely N-dealkylation sites (tertiary alicyclic amines) is 1. The van der Waals surface area contributed by atoms with Crippen molar-refractivity contribution in [3.05, 3.63) is 30.4 Å². The molecule has 116 valence electrons. The number of carbonyl (C=O) groups is 1. The molecular weight excluding hydrogens is 282 g/mol. The molecule has 1 aliphatic heterocycles. The van der Waals surface area contributed by atoms with Crippen molar-refractivity contribution in [3.63, 3.8) is 0 Å². The standard InChI is InChI=1S/C15H19N5O2/c1-16-14(21)12-6-2-3-8-20(12)10-13-18-19-15(22-13)11-5-4-7-17-9-11/h4-5,7,9,12H,2-3,6,8,10H2,1H3,(H,16,21). The molecule has 1 unspecified atom stereocenters. The van der Waals surface area contributed by atoms with Crippen LogP contribution in [-0.4, -0.2) is 45.6 Å². The molecule has 22 heavy (non-hydrogen) atoms. The highest BCUT2D eigenvalue weighted by Gasteiger charge is 2.29. The number of nitrogens with zero attached hydrogens (tertiary/aromatic N) is 4. The number of piperidine rings is 1. The molecule has 0 aliphatic carbocycles. The summed E-state index contributed by atoms with van der Waals surface area (Å²) < 4.78 is 5.70. The number of hydrogen-bond acceptors (Lipinski definition) is 6. The average molecular weight is 301 g/mol. The van der Waals surface area contributed by atoms with Gasteiger partial charge in [-0.15, -0.1) is 10.2 Å². The van der Waals surface area contributed by atoms with E-state index in [0.717, 1.165) is 31.4 Å². The summed E-state index contributed by atoms with van der Waals surface area (Å²) in [6.07, 6.45) is 6.40. The normalized spacial score (nSPS) is 19.0. The minimum absolute atomic E-state index is 0.0479. The number of aromatic nitrogens is 3. The largest absolute Gasteiger partial charge is 0.419 e. The highest BCUT2D eigenvalue weighted by atomic mass is 16.4. The second-order valence-corrected chi connectivity index (χ2v) is 5.34. The summed E-state index contributed by atoms with van der Waals surface area (Å²) in [5, 5.41) is 10.9. The summed E-state index contributed by atoms with van der Waals surface area (Å²) in [5.74, 6) is 1.03. The molecule has 1 aliphatic rings. The number of amides is 1. The third-order valence-electron chi connectivity index (χ3n) is 3.88. The number of hydrogen-bond donors (Lipinski definition) is 1. The summed E-state index contributed by atoms with van der Waals surface area (Å²) in [5.41, 5.74) is 0.794. The molecule has 0 spiro atoms.